The molecular formula is C18H23N3O2S. The van der Waals surface area contributed by atoms with Crippen LogP contribution in [0.15, 0.2) is 42.7 Å². The summed E-state index contributed by atoms with van der Waals surface area (Å²) in [5.74, 6) is 1.91. The number of aliphatic hydroxyl groups is 1. The summed E-state index contributed by atoms with van der Waals surface area (Å²) >= 11 is 1.86. The first kappa shape index (κ1) is 17.0. The molecule has 0 bridgehead atoms. The van der Waals surface area contributed by atoms with Crippen molar-refractivity contribution >= 4 is 17.7 Å². The number of hydrogen-bond donors (Lipinski definition) is 2. The fraction of sp³-hybridized carbons (Fsp3) is 0.444. The number of rotatable bonds is 6. The fourth-order valence-electron chi connectivity index (χ4n) is 2.75. The van der Waals surface area contributed by atoms with Gasteiger partial charge in [0.05, 0.1) is 17.5 Å². The molecule has 1 saturated heterocycles. The minimum atomic E-state index is -0.723. The topological polar surface area (TPSA) is 67.2 Å². The molecule has 2 N–H and O–H groups in total. The van der Waals surface area contributed by atoms with Gasteiger partial charge in [0.1, 0.15) is 0 Å². The van der Waals surface area contributed by atoms with Gasteiger partial charge >= 0.3 is 0 Å². The van der Waals surface area contributed by atoms with Gasteiger partial charge in [-0.1, -0.05) is 18.2 Å². The number of para-hydroxylation sites is 1. The van der Waals surface area contributed by atoms with E-state index in [1.54, 1.807) is 6.20 Å². The molecule has 0 atom stereocenters. The molecule has 128 valence electrons. The maximum absolute atomic E-state index is 12.0. The van der Waals surface area contributed by atoms with Crippen LogP contribution < -0.4 is 5.32 Å². The second-order valence-corrected chi connectivity index (χ2v) is 7.47. The van der Waals surface area contributed by atoms with Crippen molar-refractivity contribution in [1.29, 1.82) is 0 Å². The molecule has 5 nitrogen and oxygen atoms in total. The minimum Gasteiger partial charge on any atom is -0.388 e. The van der Waals surface area contributed by atoms with Crippen LogP contribution in [0.25, 0.3) is 5.69 Å². The fourth-order valence-corrected chi connectivity index (χ4v) is 4.00. The number of hydrogen-bond acceptors (Lipinski definition) is 4. The highest BCUT2D eigenvalue weighted by Gasteiger charge is 2.29. The van der Waals surface area contributed by atoms with E-state index in [0.717, 1.165) is 35.6 Å². The third-order valence-corrected chi connectivity index (χ3v) is 5.32. The molecule has 1 aromatic heterocycles. The van der Waals surface area contributed by atoms with Gasteiger partial charge in [-0.25, -0.2) is 4.68 Å². The third kappa shape index (κ3) is 4.61. The van der Waals surface area contributed by atoms with Crippen LogP contribution in [-0.4, -0.2) is 44.4 Å². The standard InChI is InChI=1S/C18H23N3O2S/c22-17(19-14-18(23)8-10-24-11-9-18)7-6-15-12-20-21(13-15)16-4-2-1-3-5-16/h1-5,12-13,23H,6-11,14H2,(H,19,22). The van der Waals surface area contributed by atoms with Gasteiger partial charge in [-0.05, 0) is 48.5 Å². The Bertz CT molecular complexity index is 666. The van der Waals surface area contributed by atoms with Crippen LogP contribution in [0.4, 0.5) is 0 Å². The predicted molar refractivity (Wildman–Crippen MR) is 96.4 cm³/mol. The van der Waals surface area contributed by atoms with Crippen LogP contribution in [0.2, 0.25) is 0 Å². The molecule has 2 aromatic rings. The molecule has 1 aromatic carbocycles. The zero-order valence-electron chi connectivity index (χ0n) is 13.6. The summed E-state index contributed by atoms with van der Waals surface area (Å²) in [5.41, 5.74) is 1.31. The summed E-state index contributed by atoms with van der Waals surface area (Å²) in [6.45, 7) is 0.357. The third-order valence-electron chi connectivity index (χ3n) is 4.34. The Balaban J connectivity index is 1.46. The molecule has 1 aliphatic rings. The summed E-state index contributed by atoms with van der Waals surface area (Å²) in [6.07, 6.45) is 6.31. The Labute approximate surface area is 146 Å². The second-order valence-electron chi connectivity index (χ2n) is 6.24. The van der Waals surface area contributed by atoms with E-state index in [9.17, 15) is 9.90 Å². The number of aryl methyl sites for hydroxylation is 1. The van der Waals surface area contributed by atoms with Crippen molar-refractivity contribution in [3.05, 3.63) is 48.3 Å². The van der Waals surface area contributed by atoms with Gasteiger partial charge in [-0.2, -0.15) is 16.9 Å². The number of amides is 1. The molecule has 1 aliphatic heterocycles. The molecule has 6 heteroatoms. The lowest BCUT2D eigenvalue weighted by Gasteiger charge is -2.31. The molecule has 0 radical (unpaired) electrons. The molecular weight excluding hydrogens is 322 g/mol. The van der Waals surface area contributed by atoms with Crippen molar-refractivity contribution in [3.8, 4) is 5.69 Å². The van der Waals surface area contributed by atoms with E-state index in [-0.39, 0.29) is 5.91 Å². The number of benzene rings is 1. The van der Waals surface area contributed by atoms with Crippen molar-refractivity contribution in [3.63, 3.8) is 0 Å². The lowest BCUT2D eigenvalue weighted by Crippen LogP contribution is -2.45. The van der Waals surface area contributed by atoms with E-state index < -0.39 is 5.60 Å². The maximum Gasteiger partial charge on any atom is 0.220 e. The highest BCUT2D eigenvalue weighted by atomic mass is 32.2. The molecule has 24 heavy (non-hydrogen) atoms. The van der Waals surface area contributed by atoms with Crippen LogP contribution in [0.5, 0.6) is 0 Å². The number of aromatic nitrogens is 2. The van der Waals surface area contributed by atoms with Gasteiger partial charge in [0, 0.05) is 19.2 Å². The average molecular weight is 345 g/mol. The van der Waals surface area contributed by atoms with Crippen molar-refractivity contribution < 1.29 is 9.90 Å². The van der Waals surface area contributed by atoms with Crippen molar-refractivity contribution in [1.82, 2.24) is 15.1 Å². The molecule has 0 unspecified atom stereocenters. The van der Waals surface area contributed by atoms with Crippen LogP contribution >= 0.6 is 11.8 Å². The van der Waals surface area contributed by atoms with E-state index in [1.807, 2.05) is 53.0 Å². The van der Waals surface area contributed by atoms with Gasteiger partial charge in [0.25, 0.3) is 0 Å². The Morgan fingerprint density at radius 2 is 2.04 bits per heavy atom. The second kappa shape index (κ2) is 7.85. The summed E-state index contributed by atoms with van der Waals surface area (Å²) in [7, 11) is 0. The van der Waals surface area contributed by atoms with E-state index in [1.165, 1.54) is 0 Å². The average Bonchev–Trinajstić information content (AvgIpc) is 3.09. The highest BCUT2D eigenvalue weighted by molar-refractivity contribution is 7.99. The number of nitrogens with zero attached hydrogens (tertiary/aromatic N) is 2. The van der Waals surface area contributed by atoms with Crippen LogP contribution in [0.1, 0.15) is 24.8 Å². The number of thioether (sulfide) groups is 1. The monoisotopic (exact) mass is 345 g/mol. The van der Waals surface area contributed by atoms with Crippen molar-refractivity contribution in [2.24, 2.45) is 0 Å². The lowest BCUT2D eigenvalue weighted by atomic mass is 9.97. The predicted octanol–water partition coefficient (Wildman–Crippen LogP) is 2.18. The molecule has 1 fully saturated rings. The first-order valence-corrected chi connectivity index (χ1v) is 9.46. The molecule has 2 heterocycles. The van der Waals surface area contributed by atoms with E-state index in [2.05, 4.69) is 10.4 Å². The zero-order valence-corrected chi connectivity index (χ0v) is 14.5. The number of carbonyl (C=O) groups excluding carboxylic acids is 1. The van der Waals surface area contributed by atoms with Gasteiger partial charge in [0.2, 0.25) is 5.91 Å². The number of nitrogens with one attached hydrogen (secondary N) is 1. The Hall–Kier alpha value is -1.79. The van der Waals surface area contributed by atoms with Gasteiger partial charge < -0.3 is 10.4 Å². The van der Waals surface area contributed by atoms with Gasteiger partial charge in [0.15, 0.2) is 0 Å². The largest absolute Gasteiger partial charge is 0.388 e. The Kier molecular flexibility index (Phi) is 5.58. The van der Waals surface area contributed by atoms with Gasteiger partial charge in [-0.15, -0.1) is 0 Å². The quantitative estimate of drug-likeness (QED) is 0.842. The van der Waals surface area contributed by atoms with E-state index >= 15 is 0 Å². The lowest BCUT2D eigenvalue weighted by molar-refractivity contribution is -0.122. The molecule has 0 spiro atoms. The molecule has 0 saturated carbocycles. The van der Waals surface area contributed by atoms with Crippen LogP contribution in [0.3, 0.4) is 0 Å². The van der Waals surface area contributed by atoms with Crippen LogP contribution in [-0.2, 0) is 11.2 Å². The summed E-state index contributed by atoms with van der Waals surface area (Å²) in [5, 5.41) is 17.6. The molecule has 1 amide bonds. The first-order chi connectivity index (χ1) is 11.6. The molecule has 0 aliphatic carbocycles. The smallest absolute Gasteiger partial charge is 0.220 e. The van der Waals surface area contributed by atoms with Gasteiger partial charge in [-0.3, -0.25) is 4.79 Å². The normalized spacial score (nSPS) is 16.7. The number of carbonyl (C=O) groups is 1. The van der Waals surface area contributed by atoms with E-state index in [0.29, 0.717) is 19.4 Å². The zero-order chi connectivity index (χ0) is 16.8. The SMILES string of the molecule is O=C(CCc1cnn(-c2ccccc2)c1)NCC1(O)CCSCC1. The minimum absolute atomic E-state index is 0.0193. The summed E-state index contributed by atoms with van der Waals surface area (Å²) in [6, 6.07) is 9.90. The maximum atomic E-state index is 12.0. The van der Waals surface area contributed by atoms with E-state index in [4.69, 9.17) is 0 Å². The van der Waals surface area contributed by atoms with Crippen molar-refractivity contribution in [2.75, 3.05) is 18.1 Å². The first-order valence-electron chi connectivity index (χ1n) is 8.30. The Morgan fingerprint density at radius 1 is 1.29 bits per heavy atom. The van der Waals surface area contributed by atoms with Crippen molar-refractivity contribution in [2.45, 2.75) is 31.3 Å². The Morgan fingerprint density at radius 3 is 2.79 bits per heavy atom. The van der Waals surface area contributed by atoms with Crippen LogP contribution in [0, 0.1) is 0 Å². The summed E-state index contributed by atoms with van der Waals surface area (Å²) < 4.78 is 1.82. The summed E-state index contributed by atoms with van der Waals surface area (Å²) in [4.78, 5) is 12.0. The molecule has 3 rings (SSSR count). The highest BCUT2D eigenvalue weighted by Crippen LogP contribution is 2.26.